The highest BCUT2D eigenvalue weighted by Crippen LogP contribution is 2.25. The van der Waals surface area contributed by atoms with Crippen LogP contribution >= 0.6 is 11.6 Å². The summed E-state index contributed by atoms with van der Waals surface area (Å²) in [5.41, 5.74) is 1.47. The number of aromatic amines is 1. The number of benzene rings is 1. The molecule has 3 rings (SSSR count). The summed E-state index contributed by atoms with van der Waals surface area (Å²) in [7, 11) is 0. The van der Waals surface area contributed by atoms with Crippen LogP contribution < -0.4 is 10.1 Å². The lowest BCUT2D eigenvalue weighted by Gasteiger charge is -2.11. The van der Waals surface area contributed by atoms with Crippen LogP contribution in [0.3, 0.4) is 0 Å². The quantitative estimate of drug-likeness (QED) is 0.721. The van der Waals surface area contributed by atoms with Crippen molar-refractivity contribution >= 4 is 34.1 Å². The molecule has 1 aromatic carbocycles. The molecule has 0 bridgehead atoms. The predicted molar refractivity (Wildman–Crippen MR) is 82.2 cm³/mol. The Bertz CT molecular complexity index is 754. The standard InChI is InChI=1S/C14H14ClN5O/c1-8(2)21-10-5-3-9(4-6-10)17-12-11-7-16-20-13(11)19-14(15)18-12/h3-8H,1-2H3,(H2,16,17,18,19,20). The van der Waals surface area contributed by atoms with Crippen molar-refractivity contribution in [2.75, 3.05) is 5.32 Å². The van der Waals surface area contributed by atoms with Crippen molar-refractivity contribution in [3.8, 4) is 5.75 Å². The molecule has 2 N–H and O–H groups in total. The van der Waals surface area contributed by atoms with Gasteiger partial charge in [0.15, 0.2) is 5.65 Å². The van der Waals surface area contributed by atoms with E-state index in [1.807, 2.05) is 38.1 Å². The lowest BCUT2D eigenvalue weighted by atomic mass is 10.3. The Morgan fingerprint density at radius 1 is 1.19 bits per heavy atom. The van der Waals surface area contributed by atoms with Crippen LogP contribution in [-0.2, 0) is 0 Å². The van der Waals surface area contributed by atoms with Gasteiger partial charge in [-0.3, -0.25) is 5.10 Å². The minimum Gasteiger partial charge on any atom is -0.491 e. The van der Waals surface area contributed by atoms with E-state index < -0.39 is 0 Å². The van der Waals surface area contributed by atoms with Crippen LogP contribution in [-0.4, -0.2) is 26.3 Å². The van der Waals surface area contributed by atoms with E-state index >= 15 is 0 Å². The molecule has 0 aliphatic heterocycles. The van der Waals surface area contributed by atoms with E-state index in [0.29, 0.717) is 11.5 Å². The average molecular weight is 304 g/mol. The highest BCUT2D eigenvalue weighted by Gasteiger charge is 2.08. The first-order valence-electron chi connectivity index (χ1n) is 6.52. The summed E-state index contributed by atoms with van der Waals surface area (Å²) in [5, 5.41) is 10.9. The molecule has 0 atom stereocenters. The van der Waals surface area contributed by atoms with E-state index in [9.17, 15) is 0 Å². The molecule has 7 heteroatoms. The van der Waals surface area contributed by atoms with Crippen molar-refractivity contribution in [1.29, 1.82) is 0 Å². The van der Waals surface area contributed by atoms with Crippen LogP contribution in [0.25, 0.3) is 11.0 Å². The van der Waals surface area contributed by atoms with Crippen LogP contribution in [0, 0.1) is 0 Å². The average Bonchev–Trinajstić information content (AvgIpc) is 2.88. The van der Waals surface area contributed by atoms with Gasteiger partial charge in [0, 0.05) is 5.69 Å². The highest BCUT2D eigenvalue weighted by atomic mass is 35.5. The zero-order valence-corrected chi connectivity index (χ0v) is 12.3. The topological polar surface area (TPSA) is 75.7 Å². The van der Waals surface area contributed by atoms with Gasteiger partial charge in [0.25, 0.3) is 0 Å². The molecule has 0 saturated carbocycles. The number of ether oxygens (including phenoxy) is 1. The summed E-state index contributed by atoms with van der Waals surface area (Å²) in [5.74, 6) is 1.43. The lowest BCUT2D eigenvalue weighted by molar-refractivity contribution is 0.242. The van der Waals surface area contributed by atoms with Crippen molar-refractivity contribution in [2.24, 2.45) is 0 Å². The fourth-order valence-corrected chi connectivity index (χ4v) is 2.10. The van der Waals surface area contributed by atoms with Gasteiger partial charge in [-0.2, -0.15) is 15.1 Å². The Balaban J connectivity index is 1.86. The summed E-state index contributed by atoms with van der Waals surface area (Å²) >= 11 is 5.90. The Hall–Kier alpha value is -2.34. The van der Waals surface area contributed by atoms with Gasteiger partial charge in [-0.05, 0) is 49.7 Å². The monoisotopic (exact) mass is 303 g/mol. The van der Waals surface area contributed by atoms with Crippen molar-refractivity contribution in [3.63, 3.8) is 0 Å². The summed E-state index contributed by atoms with van der Waals surface area (Å²) < 4.78 is 5.61. The first kappa shape index (κ1) is 13.6. The molecule has 0 aliphatic rings. The van der Waals surface area contributed by atoms with Crippen LogP contribution in [0.2, 0.25) is 5.28 Å². The number of rotatable bonds is 4. The molecule has 0 amide bonds. The summed E-state index contributed by atoms with van der Waals surface area (Å²) in [6.45, 7) is 3.98. The Morgan fingerprint density at radius 2 is 1.95 bits per heavy atom. The molecule has 0 fully saturated rings. The van der Waals surface area contributed by atoms with E-state index in [0.717, 1.165) is 16.8 Å². The van der Waals surface area contributed by atoms with E-state index in [1.165, 1.54) is 0 Å². The van der Waals surface area contributed by atoms with Gasteiger partial charge in [-0.1, -0.05) is 0 Å². The molecule has 108 valence electrons. The molecule has 0 spiro atoms. The van der Waals surface area contributed by atoms with E-state index in [4.69, 9.17) is 16.3 Å². The lowest BCUT2D eigenvalue weighted by Crippen LogP contribution is -2.05. The first-order chi connectivity index (χ1) is 10.1. The minimum absolute atomic E-state index is 0.148. The fraction of sp³-hybridized carbons (Fsp3) is 0.214. The molecule has 21 heavy (non-hydrogen) atoms. The molecule has 0 radical (unpaired) electrons. The minimum atomic E-state index is 0.148. The zero-order chi connectivity index (χ0) is 14.8. The van der Waals surface area contributed by atoms with Crippen LogP contribution in [0.1, 0.15) is 13.8 Å². The fourth-order valence-electron chi connectivity index (χ4n) is 1.93. The maximum absolute atomic E-state index is 5.90. The van der Waals surface area contributed by atoms with Gasteiger partial charge in [-0.15, -0.1) is 0 Å². The number of anilines is 2. The highest BCUT2D eigenvalue weighted by molar-refractivity contribution is 6.28. The van der Waals surface area contributed by atoms with Gasteiger partial charge in [-0.25, -0.2) is 0 Å². The smallest absolute Gasteiger partial charge is 0.226 e. The SMILES string of the molecule is CC(C)Oc1ccc(Nc2nc(Cl)nc3[nH]ncc23)cc1. The molecule has 3 aromatic rings. The second-order valence-corrected chi connectivity index (χ2v) is 5.13. The van der Waals surface area contributed by atoms with E-state index in [2.05, 4.69) is 25.5 Å². The second-order valence-electron chi connectivity index (χ2n) is 4.79. The maximum atomic E-state index is 5.90. The van der Waals surface area contributed by atoms with Crippen molar-refractivity contribution in [1.82, 2.24) is 20.2 Å². The Morgan fingerprint density at radius 3 is 2.67 bits per heavy atom. The van der Waals surface area contributed by atoms with E-state index in [1.54, 1.807) is 6.20 Å². The van der Waals surface area contributed by atoms with Crippen molar-refractivity contribution < 1.29 is 4.74 Å². The van der Waals surface area contributed by atoms with Gasteiger partial charge in [0.2, 0.25) is 5.28 Å². The molecule has 2 aromatic heterocycles. The van der Waals surface area contributed by atoms with Crippen molar-refractivity contribution in [2.45, 2.75) is 20.0 Å². The zero-order valence-electron chi connectivity index (χ0n) is 11.6. The Labute approximate surface area is 126 Å². The molecular weight excluding hydrogens is 290 g/mol. The molecule has 0 aliphatic carbocycles. The Kier molecular flexibility index (Phi) is 3.62. The number of aromatic nitrogens is 4. The van der Waals surface area contributed by atoms with Gasteiger partial charge in [0.05, 0.1) is 17.7 Å². The number of hydrogen-bond acceptors (Lipinski definition) is 5. The van der Waals surface area contributed by atoms with Crippen LogP contribution in [0.5, 0.6) is 5.75 Å². The third kappa shape index (κ3) is 3.05. The molecule has 6 nitrogen and oxygen atoms in total. The number of hydrogen-bond donors (Lipinski definition) is 2. The number of H-pyrrole nitrogens is 1. The summed E-state index contributed by atoms with van der Waals surface area (Å²) in [4.78, 5) is 8.25. The van der Waals surface area contributed by atoms with Gasteiger partial charge < -0.3 is 10.1 Å². The first-order valence-corrected chi connectivity index (χ1v) is 6.90. The third-order valence-corrected chi connectivity index (χ3v) is 2.94. The third-order valence-electron chi connectivity index (χ3n) is 2.77. The molecule has 0 unspecified atom stereocenters. The number of nitrogens with one attached hydrogen (secondary N) is 2. The summed E-state index contributed by atoms with van der Waals surface area (Å²) in [6, 6.07) is 7.63. The van der Waals surface area contributed by atoms with Crippen LogP contribution in [0.15, 0.2) is 30.5 Å². The van der Waals surface area contributed by atoms with Gasteiger partial charge >= 0.3 is 0 Å². The van der Waals surface area contributed by atoms with Gasteiger partial charge in [0.1, 0.15) is 11.6 Å². The largest absolute Gasteiger partial charge is 0.491 e. The molecule has 0 saturated heterocycles. The summed E-state index contributed by atoms with van der Waals surface area (Å²) in [6.07, 6.45) is 1.81. The normalized spacial score (nSPS) is 11.0. The number of fused-ring (bicyclic) bond motifs is 1. The number of halogens is 1. The van der Waals surface area contributed by atoms with Crippen molar-refractivity contribution in [3.05, 3.63) is 35.7 Å². The second kappa shape index (κ2) is 5.57. The molecule has 2 heterocycles. The number of nitrogens with zero attached hydrogens (tertiary/aromatic N) is 3. The molecular formula is C14H14ClN5O. The maximum Gasteiger partial charge on any atom is 0.226 e. The predicted octanol–water partition coefficient (Wildman–Crippen LogP) is 3.54. The van der Waals surface area contributed by atoms with E-state index in [-0.39, 0.29) is 11.4 Å². The van der Waals surface area contributed by atoms with Crippen LogP contribution in [0.4, 0.5) is 11.5 Å².